The van der Waals surface area contributed by atoms with Crippen molar-refractivity contribution >= 4 is 15.9 Å². The summed E-state index contributed by atoms with van der Waals surface area (Å²) < 4.78 is 52.2. The topological polar surface area (TPSA) is 66.5 Å². The number of hydrogen-bond acceptors (Lipinski definition) is 3. The maximum atomic E-state index is 13.2. The third-order valence-electron chi connectivity index (χ3n) is 3.73. The van der Waals surface area contributed by atoms with E-state index in [1.807, 2.05) is 0 Å². The van der Waals surface area contributed by atoms with Gasteiger partial charge in [0, 0.05) is 19.0 Å². The van der Waals surface area contributed by atoms with E-state index in [1.54, 1.807) is 0 Å². The average molecular weight is 302 g/mol. The first-order valence-electron chi connectivity index (χ1n) is 6.16. The maximum Gasteiger partial charge on any atom is 0.243 e. The molecule has 20 heavy (non-hydrogen) atoms. The summed E-state index contributed by atoms with van der Waals surface area (Å²) in [5, 5.41) is 2.71. The summed E-state index contributed by atoms with van der Waals surface area (Å²) >= 11 is 0. The lowest BCUT2D eigenvalue weighted by Gasteiger charge is -2.22. The average Bonchev–Trinajstić information content (AvgIpc) is 2.90. The molecule has 0 aliphatic carbocycles. The van der Waals surface area contributed by atoms with E-state index in [9.17, 15) is 22.0 Å². The molecule has 1 amide bonds. The molecule has 2 aliphatic rings. The van der Waals surface area contributed by atoms with Crippen molar-refractivity contribution in [2.75, 3.05) is 6.54 Å². The number of nitrogens with zero attached hydrogens (tertiary/aromatic N) is 1. The van der Waals surface area contributed by atoms with Crippen molar-refractivity contribution in [3.05, 3.63) is 29.8 Å². The number of nitrogens with one attached hydrogen (secondary N) is 1. The van der Waals surface area contributed by atoms with Crippen molar-refractivity contribution in [3.63, 3.8) is 0 Å². The number of carbonyl (C=O) groups is 1. The standard InChI is InChI=1S/C12H12F2N2O3S/c13-8-2-1-7(5-9(8)14)20(18,19)16-4-3-10-11(16)6-12(17)15-10/h1-2,5,10-11H,3-4,6H2,(H,15,17). The van der Waals surface area contributed by atoms with Crippen LogP contribution in [0, 0.1) is 11.6 Å². The minimum absolute atomic E-state index is 0.105. The molecule has 3 rings (SSSR count). The van der Waals surface area contributed by atoms with Gasteiger partial charge < -0.3 is 5.32 Å². The Bertz CT molecular complexity index is 677. The largest absolute Gasteiger partial charge is 0.352 e. The highest BCUT2D eigenvalue weighted by Crippen LogP contribution is 2.31. The van der Waals surface area contributed by atoms with Gasteiger partial charge in [-0.15, -0.1) is 0 Å². The third kappa shape index (κ3) is 1.99. The van der Waals surface area contributed by atoms with Crippen molar-refractivity contribution < 1.29 is 22.0 Å². The zero-order valence-electron chi connectivity index (χ0n) is 10.3. The van der Waals surface area contributed by atoms with Crippen LogP contribution in [0.25, 0.3) is 0 Å². The molecular formula is C12H12F2N2O3S. The molecule has 2 unspecified atom stereocenters. The van der Waals surface area contributed by atoms with Gasteiger partial charge in [-0.05, 0) is 24.6 Å². The van der Waals surface area contributed by atoms with Crippen LogP contribution < -0.4 is 5.32 Å². The molecule has 1 aromatic carbocycles. The van der Waals surface area contributed by atoms with Gasteiger partial charge in [0.05, 0.1) is 10.9 Å². The Morgan fingerprint density at radius 1 is 1.25 bits per heavy atom. The molecule has 1 aromatic rings. The smallest absolute Gasteiger partial charge is 0.243 e. The Labute approximate surface area is 114 Å². The fourth-order valence-electron chi connectivity index (χ4n) is 2.76. The van der Waals surface area contributed by atoms with Crippen LogP contribution >= 0.6 is 0 Å². The molecule has 0 aromatic heterocycles. The zero-order chi connectivity index (χ0) is 14.5. The molecular weight excluding hydrogens is 290 g/mol. The second kappa shape index (κ2) is 4.49. The highest BCUT2D eigenvalue weighted by molar-refractivity contribution is 7.89. The van der Waals surface area contributed by atoms with Crippen LogP contribution in [0.3, 0.4) is 0 Å². The second-order valence-corrected chi connectivity index (χ2v) is 6.82. The third-order valence-corrected chi connectivity index (χ3v) is 5.65. The minimum atomic E-state index is -3.92. The van der Waals surface area contributed by atoms with Crippen LogP contribution in [0.15, 0.2) is 23.1 Å². The fraction of sp³-hybridized carbons (Fsp3) is 0.417. The van der Waals surface area contributed by atoms with Crippen LogP contribution in [-0.4, -0.2) is 37.3 Å². The van der Waals surface area contributed by atoms with Crippen molar-refractivity contribution in [1.29, 1.82) is 0 Å². The van der Waals surface area contributed by atoms with E-state index in [4.69, 9.17) is 0 Å². The van der Waals surface area contributed by atoms with Crippen molar-refractivity contribution in [2.45, 2.75) is 29.8 Å². The van der Waals surface area contributed by atoms with E-state index in [0.29, 0.717) is 12.5 Å². The molecule has 1 N–H and O–H groups in total. The lowest BCUT2D eigenvalue weighted by atomic mass is 10.1. The molecule has 0 saturated carbocycles. The second-order valence-electron chi connectivity index (χ2n) is 4.93. The molecule has 2 heterocycles. The molecule has 2 fully saturated rings. The van der Waals surface area contributed by atoms with Gasteiger partial charge in [-0.1, -0.05) is 0 Å². The molecule has 8 heteroatoms. The van der Waals surface area contributed by atoms with E-state index >= 15 is 0 Å². The molecule has 2 atom stereocenters. The SMILES string of the molecule is O=C1CC2C(CCN2S(=O)(=O)c2ccc(F)c(F)c2)N1. The van der Waals surface area contributed by atoms with Crippen LogP contribution in [0.5, 0.6) is 0 Å². The quantitative estimate of drug-likeness (QED) is 0.871. The highest BCUT2D eigenvalue weighted by atomic mass is 32.2. The predicted molar refractivity (Wildman–Crippen MR) is 65.2 cm³/mol. The Morgan fingerprint density at radius 2 is 2.00 bits per heavy atom. The monoisotopic (exact) mass is 302 g/mol. The van der Waals surface area contributed by atoms with Gasteiger partial charge in [-0.2, -0.15) is 4.31 Å². The predicted octanol–water partition coefficient (Wildman–Crippen LogP) is 0.616. The zero-order valence-corrected chi connectivity index (χ0v) is 11.2. The summed E-state index contributed by atoms with van der Waals surface area (Å²) in [5.41, 5.74) is 0. The van der Waals surface area contributed by atoms with Gasteiger partial charge in [0.15, 0.2) is 11.6 Å². The lowest BCUT2D eigenvalue weighted by Crippen LogP contribution is -2.38. The normalized spacial score (nSPS) is 26.6. The summed E-state index contributed by atoms with van der Waals surface area (Å²) in [6.07, 6.45) is 0.632. The van der Waals surface area contributed by atoms with Gasteiger partial charge in [-0.25, -0.2) is 17.2 Å². The Balaban J connectivity index is 1.96. The van der Waals surface area contributed by atoms with Crippen LogP contribution in [0.1, 0.15) is 12.8 Å². The van der Waals surface area contributed by atoms with Crippen molar-refractivity contribution in [2.24, 2.45) is 0 Å². The van der Waals surface area contributed by atoms with Crippen molar-refractivity contribution in [3.8, 4) is 0 Å². The van der Waals surface area contributed by atoms with Gasteiger partial charge in [-0.3, -0.25) is 4.79 Å². The summed E-state index contributed by atoms with van der Waals surface area (Å²) in [5.74, 6) is -2.49. The minimum Gasteiger partial charge on any atom is -0.352 e. The van der Waals surface area contributed by atoms with Gasteiger partial charge in [0.25, 0.3) is 0 Å². The van der Waals surface area contributed by atoms with E-state index in [0.717, 1.165) is 12.1 Å². The van der Waals surface area contributed by atoms with E-state index in [-0.39, 0.29) is 29.8 Å². The Morgan fingerprint density at radius 3 is 2.70 bits per heavy atom. The number of sulfonamides is 1. The first kappa shape index (κ1) is 13.4. The summed E-state index contributed by atoms with van der Waals surface area (Å²) in [6, 6.07) is 1.85. The number of benzene rings is 1. The van der Waals surface area contributed by atoms with E-state index in [1.165, 1.54) is 4.31 Å². The number of hydrogen-bond donors (Lipinski definition) is 1. The number of fused-ring (bicyclic) bond motifs is 1. The number of carbonyl (C=O) groups excluding carboxylic acids is 1. The first-order chi connectivity index (χ1) is 9.39. The van der Waals surface area contributed by atoms with Gasteiger partial charge >= 0.3 is 0 Å². The first-order valence-corrected chi connectivity index (χ1v) is 7.60. The van der Waals surface area contributed by atoms with Crippen LogP contribution in [0.2, 0.25) is 0 Å². The summed E-state index contributed by atoms with van der Waals surface area (Å²) in [7, 11) is -3.92. The molecule has 0 bridgehead atoms. The van der Waals surface area contributed by atoms with E-state index in [2.05, 4.69) is 5.32 Å². The Hall–Kier alpha value is -1.54. The molecule has 108 valence electrons. The number of rotatable bonds is 2. The maximum absolute atomic E-state index is 13.2. The van der Waals surface area contributed by atoms with Crippen LogP contribution in [-0.2, 0) is 14.8 Å². The molecule has 2 aliphatic heterocycles. The van der Waals surface area contributed by atoms with Crippen LogP contribution in [0.4, 0.5) is 8.78 Å². The van der Waals surface area contributed by atoms with Crippen molar-refractivity contribution in [1.82, 2.24) is 9.62 Å². The van der Waals surface area contributed by atoms with Gasteiger partial charge in [0.1, 0.15) is 0 Å². The molecule has 0 radical (unpaired) electrons. The summed E-state index contributed by atoms with van der Waals surface area (Å²) in [4.78, 5) is 11.0. The number of halogens is 2. The fourth-order valence-corrected chi connectivity index (χ4v) is 4.45. The summed E-state index contributed by atoms with van der Waals surface area (Å²) in [6.45, 7) is 0.261. The Kier molecular flexibility index (Phi) is 3.02. The lowest BCUT2D eigenvalue weighted by molar-refractivity contribution is -0.119. The number of amides is 1. The highest BCUT2D eigenvalue weighted by Gasteiger charge is 2.46. The molecule has 5 nitrogen and oxygen atoms in total. The van der Waals surface area contributed by atoms with Gasteiger partial charge in [0.2, 0.25) is 15.9 Å². The molecule has 2 saturated heterocycles. The molecule has 0 spiro atoms. The van der Waals surface area contributed by atoms with E-state index < -0.39 is 27.7 Å².